The third-order valence-electron chi connectivity index (χ3n) is 3.57. The zero-order valence-corrected chi connectivity index (χ0v) is 11.4. The molecule has 0 amide bonds. The maximum Gasteiger partial charge on any atom is 0.156 e. The Balaban J connectivity index is 1.70. The van der Waals surface area contributed by atoms with E-state index in [0.29, 0.717) is 6.04 Å². The molecule has 2 unspecified atom stereocenters. The molecule has 0 radical (unpaired) electrons. The fourth-order valence-electron chi connectivity index (χ4n) is 1.83. The average Bonchev–Trinajstić information content (AvgIpc) is 3.07. The molecule has 2 atom stereocenters. The van der Waals surface area contributed by atoms with Crippen LogP contribution in [0, 0.1) is 5.92 Å². The van der Waals surface area contributed by atoms with Crippen LogP contribution in [0.5, 0.6) is 0 Å². The molecular formula is C12H23N3S. The lowest BCUT2D eigenvalue weighted by molar-refractivity contribution is 0.334. The molecule has 0 aromatic carbocycles. The molecule has 0 bridgehead atoms. The average molecular weight is 241 g/mol. The van der Waals surface area contributed by atoms with Crippen molar-refractivity contribution in [3.05, 3.63) is 0 Å². The molecule has 1 saturated carbocycles. The number of nitrogens with one attached hydrogen (secondary N) is 1. The summed E-state index contributed by atoms with van der Waals surface area (Å²) in [6, 6.07) is 1.42. The van der Waals surface area contributed by atoms with Gasteiger partial charge in [-0.15, -0.1) is 0 Å². The minimum Gasteiger partial charge on any atom is -0.362 e. The highest BCUT2D eigenvalue weighted by molar-refractivity contribution is 8.13. The van der Waals surface area contributed by atoms with Crippen LogP contribution >= 0.6 is 11.8 Å². The van der Waals surface area contributed by atoms with Crippen LogP contribution < -0.4 is 5.32 Å². The lowest BCUT2D eigenvalue weighted by atomic mass is 10.1. The third-order valence-corrected chi connectivity index (χ3v) is 4.78. The quantitative estimate of drug-likeness (QED) is 0.813. The summed E-state index contributed by atoms with van der Waals surface area (Å²) >= 11 is 1.87. The number of nitrogens with zero attached hydrogens (tertiary/aromatic N) is 2. The van der Waals surface area contributed by atoms with Gasteiger partial charge < -0.3 is 10.2 Å². The van der Waals surface area contributed by atoms with Crippen molar-refractivity contribution in [1.29, 1.82) is 0 Å². The first kappa shape index (κ1) is 12.2. The van der Waals surface area contributed by atoms with Crippen LogP contribution in [-0.2, 0) is 0 Å². The second-order valence-electron chi connectivity index (χ2n) is 5.12. The standard InChI is InChI=1S/C12H23N3S/c1-9-8-16-12(14-10(9)2)13-6-7-15(3)11-4-5-11/h9-11H,4-8H2,1-3H3,(H,13,14). The van der Waals surface area contributed by atoms with Gasteiger partial charge in [0, 0.05) is 24.4 Å². The van der Waals surface area contributed by atoms with E-state index in [1.807, 2.05) is 11.8 Å². The van der Waals surface area contributed by atoms with Crippen molar-refractivity contribution in [2.45, 2.75) is 38.8 Å². The molecule has 1 heterocycles. The Morgan fingerprint density at radius 2 is 2.19 bits per heavy atom. The van der Waals surface area contributed by atoms with Crippen molar-refractivity contribution in [2.75, 3.05) is 25.9 Å². The number of hydrogen-bond donors (Lipinski definition) is 1. The van der Waals surface area contributed by atoms with E-state index in [0.717, 1.165) is 30.2 Å². The Morgan fingerprint density at radius 3 is 2.81 bits per heavy atom. The van der Waals surface area contributed by atoms with Gasteiger partial charge in [-0.2, -0.15) is 0 Å². The fraction of sp³-hybridized carbons (Fsp3) is 0.917. The van der Waals surface area contributed by atoms with E-state index >= 15 is 0 Å². The highest BCUT2D eigenvalue weighted by Gasteiger charge is 2.25. The maximum atomic E-state index is 4.65. The summed E-state index contributed by atoms with van der Waals surface area (Å²) in [7, 11) is 2.21. The number of thioether (sulfide) groups is 1. The SMILES string of the molecule is CC1CSC(=NCCN(C)C2CC2)NC1C. The minimum absolute atomic E-state index is 0.571. The second-order valence-corrected chi connectivity index (χ2v) is 6.13. The summed E-state index contributed by atoms with van der Waals surface area (Å²) in [6.07, 6.45) is 2.77. The molecule has 3 nitrogen and oxygen atoms in total. The van der Waals surface area contributed by atoms with Gasteiger partial charge in [0.1, 0.15) is 0 Å². The van der Waals surface area contributed by atoms with Crippen molar-refractivity contribution >= 4 is 16.9 Å². The Hall–Kier alpha value is -0.220. The second kappa shape index (κ2) is 5.41. The van der Waals surface area contributed by atoms with E-state index in [-0.39, 0.29) is 0 Å². The van der Waals surface area contributed by atoms with Crippen LogP contribution in [-0.4, -0.2) is 48.0 Å². The van der Waals surface area contributed by atoms with Gasteiger partial charge in [0.05, 0.1) is 6.54 Å². The van der Waals surface area contributed by atoms with E-state index < -0.39 is 0 Å². The first-order valence-electron chi connectivity index (χ1n) is 6.31. The molecule has 0 spiro atoms. The van der Waals surface area contributed by atoms with Crippen LogP contribution in [0.25, 0.3) is 0 Å². The van der Waals surface area contributed by atoms with Gasteiger partial charge in [-0.05, 0) is 32.7 Å². The summed E-state index contributed by atoms with van der Waals surface area (Å²) in [5.41, 5.74) is 0. The molecule has 2 rings (SSSR count). The number of rotatable bonds is 4. The molecule has 1 N–H and O–H groups in total. The van der Waals surface area contributed by atoms with Crippen molar-refractivity contribution in [1.82, 2.24) is 10.2 Å². The predicted molar refractivity (Wildman–Crippen MR) is 72.2 cm³/mol. The molecular weight excluding hydrogens is 218 g/mol. The molecule has 1 saturated heterocycles. The van der Waals surface area contributed by atoms with Crippen LogP contribution in [0.1, 0.15) is 26.7 Å². The third kappa shape index (κ3) is 3.39. The van der Waals surface area contributed by atoms with Gasteiger partial charge in [0.25, 0.3) is 0 Å². The zero-order chi connectivity index (χ0) is 11.5. The van der Waals surface area contributed by atoms with Crippen LogP contribution in [0.3, 0.4) is 0 Å². The molecule has 4 heteroatoms. The predicted octanol–water partition coefficient (Wildman–Crippen LogP) is 1.80. The normalized spacial score (nSPS) is 33.1. The summed E-state index contributed by atoms with van der Waals surface area (Å²) in [4.78, 5) is 7.08. The van der Waals surface area contributed by atoms with Gasteiger partial charge in [-0.1, -0.05) is 18.7 Å². The lowest BCUT2D eigenvalue weighted by Crippen LogP contribution is -2.41. The van der Waals surface area contributed by atoms with Crippen LogP contribution in [0.15, 0.2) is 4.99 Å². The Bertz CT molecular complexity index is 263. The fourth-order valence-corrected chi connectivity index (χ4v) is 2.99. The van der Waals surface area contributed by atoms with Crippen molar-refractivity contribution in [3.63, 3.8) is 0 Å². The topological polar surface area (TPSA) is 27.6 Å². The Labute approximate surface area is 103 Å². The largest absolute Gasteiger partial charge is 0.362 e. The summed E-state index contributed by atoms with van der Waals surface area (Å²) in [5.74, 6) is 1.95. The van der Waals surface area contributed by atoms with Gasteiger partial charge in [-0.3, -0.25) is 4.99 Å². The van der Waals surface area contributed by atoms with Gasteiger partial charge in [0.15, 0.2) is 5.17 Å². The first-order chi connectivity index (χ1) is 7.66. The summed E-state index contributed by atoms with van der Waals surface area (Å²) < 4.78 is 0. The van der Waals surface area contributed by atoms with Crippen molar-refractivity contribution < 1.29 is 0 Å². The van der Waals surface area contributed by atoms with Crippen molar-refractivity contribution in [3.8, 4) is 0 Å². The van der Waals surface area contributed by atoms with Crippen LogP contribution in [0.2, 0.25) is 0 Å². The van der Waals surface area contributed by atoms with E-state index in [2.05, 4.69) is 36.1 Å². The monoisotopic (exact) mass is 241 g/mol. The Kier molecular flexibility index (Phi) is 4.14. The molecule has 92 valence electrons. The van der Waals surface area contributed by atoms with Gasteiger partial charge in [-0.25, -0.2) is 0 Å². The summed E-state index contributed by atoms with van der Waals surface area (Å²) in [6.45, 7) is 6.57. The minimum atomic E-state index is 0.571. The smallest absolute Gasteiger partial charge is 0.156 e. The number of amidine groups is 1. The number of hydrogen-bond acceptors (Lipinski definition) is 3. The van der Waals surface area contributed by atoms with Crippen molar-refractivity contribution in [2.24, 2.45) is 10.9 Å². The molecule has 1 aliphatic heterocycles. The molecule has 2 fully saturated rings. The molecule has 16 heavy (non-hydrogen) atoms. The first-order valence-corrected chi connectivity index (χ1v) is 7.29. The van der Waals surface area contributed by atoms with E-state index in [1.54, 1.807) is 0 Å². The van der Waals surface area contributed by atoms with Gasteiger partial charge in [0.2, 0.25) is 0 Å². The van der Waals surface area contributed by atoms with E-state index in [1.165, 1.54) is 18.6 Å². The zero-order valence-electron chi connectivity index (χ0n) is 10.6. The van der Waals surface area contributed by atoms with Crippen LogP contribution in [0.4, 0.5) is 0 Å². The summed E-state index contributed by atoms with van der Waals surface area (Å²) in [5, 5.41) is 4.63. The number of likely N-dealkylation sites (N-methyl/N-ethyl adjacent to an activating group) is 1. The molecule has 2 aliphatic rings. The molecule has 1 aliphatic carbocycles. The van der Waals surface area contributed by atoms with Gasteiger partial charge >= 0.3 is 0 Å². The molecule has 0 aromatic rings. The van der Waals surface area contributed by atoms with E-state index in [9.17, 15) is 0 Å². The highest BCUT2D eigenvalue weighted by Crippen LogP contribution is 2.25. The number of aliphatic imine (C=N–C) groups is 1. The lowest BCUT2D eigenvalue weighted by Gasteiger charge is -2.28. The Morgan fingerprint density at radius 1 is 1.44 bits per heavy atom. The van der Waals surface area contributed by atoms with E-state index in [4.69, 9.17) is 0 Å². The maximum absolute atomic E-state index is 4.65. The highest BCUT2D eigenvalue weighted by atomic mass is 32.2. The molecule has 0 aromatic heterocycles.